The van der Waals surface area contributed by atoms with Crippen molar-refractivity contribution in [1.82, 2.24) is 0 Å². The molecule has 5 nitrogen and oxygen atoms in total. The van der Waals surface area contributed by atoms with Gasteiger partial charge in [-0.15, -0.1) is 0 Å². The SMILES string of the molecule is Cc1ccc(N/C=C(/C#N)C(=O)Nc2c(C)cccc2C(C)C)c(N)c1. The molecule has 26 heavy (non-hydrogen) atoms. The molecule has 0 atom stereocenters. The Balaban J connectivity index is 2.23. The molecule has 2 aromatic rings. The van der Waals surface area contributed by atoms with Crippen molar-refractivity contribution in [3.63, 3.8) is 0 Å². The molecular formula is C21H24N4O. The molecule has 4 N–H and O–H groups in total. The molecule has 134 valence electrons. The highest BCUT2D eigenvalue weighted by Gasteiger charge is 2.15. The molecule has 0 aliphatic rings. The number of amides is 1. The topological polar surface area (TPSA) is 90.9 Å². The van der Waals surface area contributed by atoms with Gasteiger partial charge < -0.3 is 16.4 Å². The zero-order valence-corrected chi connectivity index (χ0v) is 15.6. The maximum Gasteiger partial charge on any atom is 0.267 e. The Labute approximate surface area is 154 Å². The second-order valence-corrected chi connectivity index (χ2v) is 6.55. The first-order valence-electron chi connectivity index (χ1n) is 8.47. The van der Waals surface area contributed by atoms with Gasteiger partial charge in [-0.05, 0) is 48.6 Å². The molecule has 0 spiro atoms. The maximum atomic E-state index is 12.6. The van der Waals surface area contributed by atoms with Gasteiger partial charge in [0.2, 0.25) is 0 Å². The van der Waals surface area contributed by atoms with Gasteiger partial charge in [0.05, 0.1) is 11.4 Å². The van der Waals surface area contributed by atoms with E-state index in [-0.39, 0.29) is 11.5 Å². The van der Waals surface area contributed by atoms with Crippen molar-refractivity contribution >= 4 is 23.0 Å². The number of nitriles is 1. The molecule has 0 saturated heterocycles. The molecule has 2 rings (SSSR count). The number of carbonyl (C=O) groups is 1. The first kappa shape index (κ1) is 19.1. The normalized spacial score (nSPS) is 11.2. The fourth-order valence-corrected chi connectivity index (χ4v) is 2.64. The van der Waals surface area contributed by atoms with E-state index in [1.807, 2.05) is 56.3 Å². The summed E-state index contributed by atoms with van der Waals surface area (Å²) >= 11 is 0. The highest BCUT2D eigenvalue weighted by atomic mass is 16.1. The van der Waals surface area contributed by atoms with Crippen LogP contribution in [0.1, 0.15) is 36.5 Å². The van der Waals surface area contributed by atoms with Crippen molar-refractivity contribution in [3.05, 3.63) is 64.9 Å². The summed E-state index contributed by atoms with van der Waals surface area (Å²) < 4.78 is 0. The predicted molar refractivity (Wildman–Crippen MR) is 107 cm³/mol. The van der Waals surface area contributed by atoms with E-state index < -0.39 is 5.91 Å². The number of nitrogen functional groups attached to an aromatic ring is 1. The molecule has 0 fully saturated rings. The summed E-state index contributed by atoms with van der Waals surface area (Å²) in [7, 11) is 0. The van der Waals surface area contributed by atoms with E-state index in [1.165, 1.54) is 6.20 Å². The quantitative estimate of drug-likeness (QED) is 0.422. The number of rotatable bonds is 5. The average Bonchev–Trinajstić information content (AvgIpc) is 2.58. The number of hydrogen-bond acceptors (Lipinski definition) is 4. The highest BCUT2D eigenvalue weighted by molar-refractivity contribution is 6.07. The second kappa shape index (κ2) is 8.21. The number of nitrogens with one attached hydrogen (secondary N) is 2. The zero-order valence-electron chi connectivity index (χ0n) is 15.6. The van der Waals surface area contributed by atoms with E-state index in [4.69, 9.17) is 5.73 Å². The largest absolute Gasteiger partial charge is 0.397 e. The standard InChI is InChI=1S/C21H24N4O/c1-13(2)17-7-5-6-15(4)20(17)25-21(26)16(11-22)12-24-19-9-8-14(3)10-18(19)23/h5-10,12-13,24H,23H2,1-4H3,(H,25,26)/b16-12-. The summed E-state index contributed by atoms with van der Waals surface area (Å²) in [6.45, 7) is 8.00. The van der Waals surface area contributed by atoms with Gasteiger partial charge in [-0.25, -0.2) is 0 Å². The maximum absolute atomic E-state index is 12.6. The lowest BCUT2D eigenvalue weighted by Gasteiger charge is -2.16. The van der Waals surface area contributed by atoms with Gasteiger partial charge >= 0.3 is 0 Å². The van der Waals surface area contributed by atoms with Crippen LogP contribution < -0.4 is 16.4 Å². The monoisotopic (exact) mass is 348 g/mol. The molecule has 0 aromatic heterocycles. The van der Waals surface area contributed by atoms with Crippen LogP contribution in [0.15, 0.2) is 48.2 Å². The Morgan fingerprint density at radius 2 is 1.96 bits per heavy atom. The van der Waals surface area contributed by atoms with Crippen LogP contribution in [-0.2, 0) is 4.79 Å². The Kier molecular flexibility index (Phi) is 6.03. The number of anilines is 3. The minimum Gasteiger partial charge on any atom is -0.397 e. The molecule has 0 saturated carbocycles. The summed E-state index contributed by atoms with van der Waals surface area (Å²) in [5, 5.41) is 15.2. The second-order valence-electron chi connectivity index (χ2n) is 6.55. The van der Waals surface area contributed by atoms with Crippen LogP contribution in [0.5, 0.6) is 0 Å². The van der Waals surface area contributed by atoms with Crippen LogP contribution in [0.25, 0.3) is 0 Å². The lowest BCUT2D eigenvalue weighted by molar-refractivity contribution is -0.112. The van der Waals surface area contributed by atoms with Gasteiger partial charge in [0.1, 0.15) is 11.6 Å². The molecule has 0 aliphatic carbocycles. The molecule has 0 bridgehead atoms. The molecule has 1 amide bonds. The van der Waals surface area contributed by atoms with E-state index in [0.29, 0.717) is 11.4 Å². The van der Waals surface area contributed by atoms with E-state index in [2.05, 4.69) is 24.5 Å². The number of nitrogens with zero attached hydrogens (tertiary/aromatic N) is 1. The van der Waals surface area contributed by atoms with Crippen molar-refractivity contribution in [1.29, 1.82) is 5.26 Å². The number of aryl methyl sites for hydroxylation is 2. The molecule has 5 heteroatoms. The summed E-state index contributed by atoms with van der Waals surface area (Å²) in [6.07, 6.45) is 1.38. The smallest absolute Gasteiger partial charge is 0.267 e. The van der Waals surface area contributed by atoms with Crippen molar-refractivity contribution < 1.29 is 4.79 Å². The van der Waals surface area contributed by atoms with E-state index in [1.54, 1.807) is 0 Å². The molecular weight excluding hydrogens is 324 g/mol. The number of benzene rings is 2. The third-order valence-corrected chi connectivity index (χ3v) is 4.11. The lowest BCUT2D eigenvalue weighted by atomic mass is 9.98. The van der Waals surface area contributed by atoms with E-state index >= 15 is 0 Å². The molecule has 0 radical (unpaired) electrons. The Bertz CT molecular complexity index is 891. The van der Waals surface area contributed by atoms with Crippen LogP contribution in [0.4, 0.5) is 17.1 Å². The summed E-state index contributed by atoms with van der Waals surface area (Å²) in [5.74, 6) is -0.202. The first-order chi connectivity index (χ1) is 12.3. The number of nitrogens with two attached hydrogens (primary N) is 1. The Morgan fingerprint density at radius 1 is 1.23 bits per heavy atom. The Hall–Kier alpha value is -3.26. The van der Waals surface area contributed by atoms with Crippen molar-refractivity contribution in [3.8, 4) is 6.07 Å². The zero-order chi connectivity index (χ0) is 19.3. The average molecular weight is 348 g/mol. The predicted octanol–water partition coefficient (Wildman–Crippen LogP) is 4.47. The molecule has 0 heterocycles. The van der Waals surface area contributed by atoms with Crippen LogP contribution in [-0.4, -0.2) is 5.91 Å². The summed E-state index contributed by atoms with van der Waals surface area (Å²) in [6, 6.07) is 13.4. The first-order valence-corrected chi connectivity index (χ1v) is 8.47. The van der Waals surface area contributed by atoms with E-state index in [9.17, 15) is 10.1 Å². The van der Waals surface area contributed by atoms with Crippen molar-refractivity contribution in [2.45, 2.75) is 33.6 Å². The van der Waals surface area contributed by atoms with Crippen LogP contribution in [0, 0.1) is 25.2 Å². The van der Waals surface area contributed by atoms with Gasteiger partial charge in [-0.2, -0.15) is 5.26 Å². The third-order valence-electron chi connectivity index (χ3n) is 4.11. The van der Waals surface area contributed by atoms with Crippen LogP contribution in [0.2, 0.25) is 0 Å². The van der Waals surface area contributed by atoms with Crippen molar-refractivity contribution in [2.75, 3.05) is 16.4 Å². The van der Waals surface area contributed by atoms with Gasteiger partial charge in [-0.1, -0.05) is 38.1 Å². The fourth-order valence-electron chi connectivity index (χ4n) is 2.64. The van der Waals surface area contributed by atoms with E-state index in [0.717, 1.165) is 22.4 Å². The van der Waals surface area contributed by atoms with Crippen LogP contribution >= 0.6 is 0 Å². The fraction of sp³-hybridized carbons (Fsp3) is 0.238. The minimum absolute atomic E-state index is 0.0251. The summed E-state index contributed by atoms with van der Waals surface area (Å²) in [4.78, 5) is 12.6. The summed E-state index contributed by atoms with van der Waals surface area (Å²) in [5.41, 5.74) is 10.9. The molecule has 2 aromatic carbocycles. The van der Waals surface area contributed by atoms with Crippen LogP contribution in [0.3, 0.4) is 0 Å². The Morgan fingerprint density at radius 3 is 2.58 bits per heavy atom. The van der Waals surface area contributed by atoms with Gasteiger partial charge in [0.15, 0.2) is 0 Å². The molecule has 0 unspecified atom stereocenters. The van der Waals surface area contributed by atoms with Crippen molar-refractivity contribution in [2.24, 2.45) is 0 Å². The number of para-hydroxylation sites is 1. The van der Waals surface area contributed by atoms with Gasteiger partial charge in [0.25, 0.3) is 5.91 Å². The lowest BCUT2D eigenvalue weighted by Crippen LogP contribution is -2.17. The van der Waals surface area contributed by atoms with Gasteiger partial charge in [0, 0.05) is 11.9 Å². The van der Waals surface area contributed by atoms with Gasteiger partial charge in [-0.3, -0.25) is 4.79 Å². The third kappa shape index (κ3) is 4.42. The number of carbonyl (C=O) groups excluding carboxylic acids is 1. The number of hydrogen-bond donors (Lipinski definition) is 3. The minimum atomic E-state index is -0.457. The molecule has 0 aliphatic heterocycles. The highest BCUT2D eigenvalue weighted by Crippen LogP contribution is 2.28.